The average molecular weight is 300 g/mol. The first-order chi connectivity index (χ1) is 7.83. The second kappa shape index (κ2) is 5.27. The Morgan fingerprint density at radius 1 is 1.53 bits per heavy atom. The summed E-state index contributed by atoms with van der Waals surface area (Å²) in [5.74, 6) is -0.712. The molecule has 0 spiro atoms. The number of halogens is 1. The van der Waals surface area contributed by atoms with Gasteiger partial charge in [0.05, 0.1) is 5.41 Å². The highest BCUT2D eigenvalue weighted by atomic mass is 79.9. The Kier molecular flexibility index (Phi) is 4.22. The highest BCUT2D eigenvalue weighted by Crippen LogP contribution is 2.13. The van der Waals surface area contributed by atoms with Gasteiger partial charge in [-0.2, -0.15) is 0 Å². The number of carbonyl (C=O) groups excluding carboxylic acids is 2. The molecule has 0 radical (unpaired) electrons. The van der Waals surface area contributed by atoms with Crippen LogP contribution in [0.3, 0.4) is 0 Å². The van der Waals surface area contributed by atoms with Gasteiger partial charge in [-0.3, -0.25) is 9.59 Å². The summed E-state index contributed by atoms with van der Waals surface area (Å²) >= 11 is 3.18. The van der Waals surface area contributed by atoms with Crippen molar-refractivity contribution < 1.29 is 9.59 Å². The van der Waals surface area contributed by atoms with Crippen molar-refractivity contribution in [3.63, 3.8) is 0 Å². The van der Waals surface area contributed by atoms with Crippen molar-refractivity contribution in [2.45, 2.75) is 13.8 Å². The van der Waals surface area contributed by atoms with Gasteiger partial charge in [0.15, 0.2) is 0 Å². The van der Waals surface area contributed by atoms with Crippen molar-refractivity contribution in [3.05, 3.63) is 28.5 Å². The van der Waals surface area contributed by atoms with E-state index in [0.717, 1.165) is 0 Å². The summed E-state index contributed by atoms with van der Waals surface area (Å²) < 4.78 is 0.583. The maximum absolute atomic E-state index is 11.8. The first kappa shape index (κ1) is 13.6. The van der Waals surface area contributed by atoms with Crippen molar-refractivity contribution in [2.75, 3.05) is 6.54 Å². The second-order valence-electron chi connectivity index (χ2n) is 4.30. The van der Waals surface area contributed by atoms with Gasteiger partial charge in [0.1, 0.15) is 4.60 Å². The number of primary amides is 1. The number of rotatable bonds is 4. The Bertz CT molecular complexity index is 446. The van der Waals surface area contributed by atoms with Crippen LogP contribution in [-0.2, 0) is 4.79 Å². The third kappa shape index (κ3) is 3.81. The fourth-order valence-corrected chi connectivity index (χ4v) is 1.40. The zero-order valence-electron chi connectivity index (χ0n) is 9.66. The van der Waals surface area contributed by atoms with Gasteiger partial charge in [-0.15, -0.1) is 0 Å². The Morgan fingerprint density at radius 3 is 2.71 bits per heavy atom. The number of nitrogens with one attached hydrogen (secondary N) is 1. The van der Waals surface area contributed by atoms with Crippen LogP contribution < -0.4 is 11.1 Å². The third-order valence-electron chi connectivity index (χ3n) is 2.35. The SMILES string of the molecule is CC(C)(CNC(=O)c1ccnc(Br)c1)C(N)=O. The lowest BCUT2D eigenvalue weighted by molar-refractivity contribution is -0.125. The maximum atomic E-state index is 11.8. The van der Waals surface area contributed by atoms with Crippen molar-refractivity contribution in [3.8, 4) is 0 Å². The van der Waals surface area contributed by atoms with Gasteiger partial charge in [0.25, 0.3) is 5.91 Å². The Morgan fingerprint density at radius 2 is 2.18 bits per heavy atom. The van der Waals surface area contributed by atoms with E-state index in [4.69, 9.17) is 5.73 Å². The molecule has 0 bridgehead atoms. The molecular weight excluding hydrogens is 286 g/mol. The quantitative estimate of drug-likeness (QED) is 0.816. The van der Waals surface area contributed by atoms with E-state index in [1.807, 2.05) is 0 Å². The molecule has 1 aromatic rings. The molecule has 0 saturated heterocycles. The molecule has 0 aliphatic heterocycles. The number of aromatic nitrogens is 1. The number of nitrogens with zero attached hydrogens (tertiary/aromatic N) is 1. The summed E-state index contributed by atoms with van der Waals surface area (Å²) in [6.07, 6.45) is 1.53. The lowest BCUT2D eigenvalue weighted by atomic mass is 9.93. The molecule has 2 amide bonds. The van der Waals surface area contributed by atoms with Gasteiger partial charge < -0.3 is 11.1 Å². The van der Waals surface area contributed by atoms with Crippen molar-refractivity contribution in [1.29, 1.82) is 0 Å². The molecule has 0 aliphatic rings. The number of pyridine rings is 1. The van der Waals surface area contributed by atoms with Crippen molar-refractivity contribution in [1.82, 2.24) is 10.3 Å². The molecule has 0 aromatic carbocycles. The van der Waals surface area contributed by atoms with Crippen LogP contribution in [0, 0.1) is 5.41 Å². The Hall–Kier alpha value is -1.43. The fourth-order valence-electron chi connectivity index (χ4n) is 1.03. The summed E-state index contributed by atoms with van der Waals surface area (Å²) in [5, 5.41) is 2.66. The van der Waals surface area contributed by atoms with Crippen molar-refractivity contribution in [2.24, 2.45) is 11.1 Å². The summed E-state index contributed by atoms with van der Waals surface area (Å²) in [6.45, 7) is 3.55. The minimum Gasteiger partial charge on any atom is -0.369 e. The van der Waals surface area contributed by atoms with E-state index >= 15 is 0 Å². The summed E-state index contributed by atoms with van der Waals surface area (Å²) in [4.78, 5) is 26.8. The van der Waals surface area contributed by atoms with E-state index < -0.39 is 11.3 Å². The van der Waals surface area contributed by atoms with Crippen LogP contribution in [0.25, 0.3) is 0 Å². The zero-order valence-corrected chi connectivity index (χ0v) is 11.2. The number of hydrogen-bond acceptors (Lipinski definition) is 3. The van der Waals surface area contributed by atoms with Crippen LogP contribution >= 0.6 is 15.9 Å². The lowest BCUT2D eigenvalue weighted by Gasteiger charge is -2.20. The molecule has 3 N–H and O–H groups in total. The first-order valence-electron chi connectivity index (χ1n) is 5.02. The number of hydrogen-bond donors (Lipinski definition) is 2. The molecule has 0 atom stereocenters. The largest absolute Gasteiger partial charge is 0.369 e. The van der Waals surface area contributed by atoms with E-state index in [1.54, 1.807) is 26.0 Å². The highest BCUT2D eigenvalue weighted by molar-refractivity contribution is 9.10. The van der Waals surface area contributed by atoms with Gasteiger partial charge in [0, 0.05) is 18.3 Å². The van der Waals surface area contributed by atoms with E-state index in [-0.39, 0.29) is 12.5 Å². The molecule has 5 nitrogen and oxygen atoms in total. The van der Waals surface area contributed by atoms with Crippen LogP contribution in [-0.4, -0.2) is 23.3 Å². The zero-order chi connectivity index (χ0) is 13.1. The van der Waals surface area contributed by atoms with E-state index in [9.17, 15) is 9.59 Å². The number of nitrogens with two attached hydrogens (primary N) is 1. The van der Waals surface area contributed by atoms with E-state index in [1.165, 1.54) is 6.20 Å². The molecule has 0 saturated carbocycles. The molecule has 1 heterocycles. The van der Waals surface area contributed by atoms with Crippen LogP contribution in [0.15, 0.2) is 22.9 Å². The smallest absolute Gasteiger partial charge is 0.251 e. The molecule has 1 rings (SSSR count). The molecule has 6 heteroatoms. The predicted molar refractivity (Wildman–Crippen MR) is 67.2 cm³/mol. The van der Waals surface area contributed by atoms with E-state index in [0.29, 0.717) is 10.2 Å². The normalized spacial score (nSPS) is 11.0. The van der Waals surface area contributed by atoms with Crippen molar-refractivity contribution >= 4 is 27.7 Å². The minimum absolute atomic E-state index is 0.196. The van der Waals surface area contributed by atoms with Crippen LogP contribution in [0.1, 0.15) is 24.2 Å². The van der Waals surface area contributed by atoms with Crippen LogP contribution in [0.4, 0.5) is 0 Å². The van der Waals surface area contributed by atoms with Gasteiger partial charge >= 0.3 is 0 Å². The molecule has 92 valence electrons. The predicted octanol–water partition coefficient (Wildman–Crippen LogP) is 1.09. The van der Waals surface area contributed by atoms with Gasteiger partial charge in [-0.05, 0) is 41.9 Å². The van der Waals surface area contributed by atoms with Gasteiger partial charge in [-0.1, -0.05) is 0 Å². The standard InChI is InChI=1S/C11H14BrN3O2/c1-11(2,10(13)17)6-15-9(16)7-3-4-14-8(12)5-7/h3-5H,6H2,1-2H3,(H2,13,17)(H,15,16). The lowest BCUT2D eigenvalue weighted by Crippen LogP contribution is -2.42. The number of carbonyl (C=O) groups is 2. The third-order valence-corrected chi connectivity index (χ3v) is 2.78. The molecule has 0 fully saturated rings. The minimum atomic E-state index is -0.764. The molecule has 1 aromatic heterocycles. The molecule has 17 heavy (non-hydrogen) atoms. The van der Waals surface area contributed by atoms with Crippen LogP contribution in [0.5, 0.6) is 0 Å². The van der Waals surface area contributed by atoms with Crippen LogP contribution in [0.2, 0.25) is 0 Å². The molecule has 0 unspecified atom stereocenters. The topological polar surface area (TPSA) is 85.1 Å². The first-order valence-corrected chi connectivity index (χ1v) is 5.82. The van der Waals surface area contributed by atoms with E-state index in [2.05, 4.69) is 26.2 Å². The Balaban J connectivity index is 2.65. The number of amides is 2. The van der Waals surface area contributed by atoms with Gasteiger partial charge in [-0.25, -0.2) is 4.98 Å². The average Bonchev–Trinajstić information content (AvgIpc) is 2.25. The summed E-state index contributed by atoms with van der Waals surface area (Å²) in [5.41, 5.74) is 4.93. The summed E-state index contributed by atoms with van der Waals surface area (Å²) in [7, 11) is 0. The summed E-state index contributed by atoms with van der Waals surface area (Å²) in [6, 6.07) is 3.20. The Labute approximate surface area is 108 Å². The fraction of sp³-hybridized carbons (Fsp3) is 0.364. The highest BCUT2D eigenvalue weighted by Gasteiger charge is 2.25. The molecule has 0 aliphatic carbocycles. The second-order valence-corrected chi connectivity index (χ2v) is 5.11. The maximum Gasteiger partial charge on any atom is 0.251 e. The molecular formula is C11H14BrN3O2. The monoisotopic (exact) mass is 299 g/mol. The van der Waals surface area contributed by atoms with Gasteiger partial charge in [0.2, 0.25) is 5.91 Å².